The number of aromatic nitrogens is 2. The van der Waals surface area contributed by atoms with Gasteiger partial charge in [0.2, 0.25) is 11.8 Å². The molecular weight excluding hydrogens is 501 g/mol. The van der Waals surface area contributed by atoms with Crippen molar-refractivity contribution in [2.24, 2.45) is 0 Å². The fourth-order valence-corrected chi connectivity index (χ4v) is 4.03. The molecule has 3 aromatic carbocycles. The maximum Gasteiger partial charge on any atom is 0.418 e. The van der Waals surface area contributed by atoms with Gasteiger partial charge in [-0.15, -0.1) is 0 Å². The fraction of sp³-hybridized carbons (Fsp3) is 0.185. The van der Waals surface area contributed by atoms with Crippen LogP contribution in [0.4, 0.5) is 18.9 Å². The Morgan fingerprint density at radius 2 is 1.39 bits per heavy atom. The van der Waals surface area contributed by atoms with Gasteiger partial charge in [-0.2, -0.15) is 13.2 Å². The highest BCUT2D eigenvalue weighted by molar-refractivity contribution is 5.92. The molecule has 0 unspecified atom stereocenters. The lowest BCUT2D eigenvalue weighted by atomic mass is 10.1. The van der Waals surface area contributed by atoms with Gasteiger partial charge in [0.15, 0.2) is 0 Å². The zero-order valence-corrected chi connectivity index (χ0v) is 20.0. The molecule has 1 aromatic heterocycles. The van der Waals surface area contributed by atoms with Gasteiger partial charge in [-0.1, -0.05) is 54.6 Å². The second kappa shape index (κ2) is 11.2. The van der Waals surface area contributed by atoms with Gasteiger partial charge in [0.05, 0.1) is 22.2 Å². The van der Waals surface area contributed by atoms with Crippen molar-refractivity contribution in [3.8, 4) is 0 Å². The van der Waals surface area contributed by atoms with E-state index in [4.69, 9.17) is 0 Å². The summed E-state index contributed by atoms with van der Waals surface area (Å²) in [6.07, 6.45) is -4.16. The minimum absolute atomic E-state index is 0.0766. The Kier molecular flexibility index (Phi) is 7.75. The average molecular weight is 524 g/mol. The second-order valence-corrected chi connectivity index (χ2v) is 8.45. The van der Waals surface area contributed by atoms with Crippen LogP contribution in [0.3, 0.4) is 0 Å². The van der Waals surface area contributed by atoms with Crippen LogP contribution >= 0.6 is 0 Å². The number of fused-ring (bicyclic) bond motifs is 1. The number of rotatable bonds is 8. The summed E-state index contributed by atoms with van der Waals surface area (Å²) in [4.78, 5) is 51.5. The van der Waals surface area contributed by atoms with Crippen LogP contribution in [0.25, 0.3) is 10.9 Å². The van der Waals surface area contributed by atoms with Gasteiger partial charge in [-0.25, -0.2) is 4.79 Å². The van der Waals surface area contributed by atoms with E-state index in [1.165, 1.54) is 24.3 Å². The smallest absolute Gasteiger partial charge is 0.354 e. The molecule has 1 heterocycles. The maximum atomic E-state index is 13.3. The van der Waals surface area contributed by atoms with Crippen LogP contribution in [0.1, 0.15) is 11.1 Å². The van der Waals surface area contributed by atoms with Crippen LogP contribution < -0.4 is 21.9 Å². The van der Waals surface area contributed by atoms with Gasteiger partial charge in [0.25, 0.3) is 5.56 Å². The van der Waals surface area contributed by atoms with Gasteiger partial charge in [0.1, 0.15) is 13.1 Å². The minimum Gasteiger partial charge on any atom is -0.354 e. The van der Waals surface area contributed by atoms with Crippen LogP contribution in [0.2, 0.25) is 0 Å². The number of para-hydroxylation sites is 2. The van der Waals surface area contributed by atoms with Crippen molar-refractivity contribution in [2.75, 3.05) is 11.9 Å². The number of carbonyl (C=O) groups is 2. The monoisotopic (exact) mass is 524 g/mol. The number of nitrogens with zero attached hydrogens (tertiary/aromatic N) is 2. The predicted molar refractivity (Wildman–Crippen MR) is 136 cm³/mol. The molecular formula is C27H23F3N4O4. The normalized spacial score (nSPS) is 11.3. The van der Waals surface area contributed by atoms with Crippen molar-refractivity contribution >= 4 is 28.4 Å². The van der Waals surface area contributed by atoms with Gasteiger partial charge in [-0.3, -0.25) is 23.5 Å². The summed E-state index contributed by atoms with van der Waals surface area (Å²) >= 11 is 0. The second-order valence-electron chi connectivity index (χ2n) is 8.45. The van der Waals surface area contributed by atoms with E-state index in [2.05, 4.69) is 10.6 Å². The van der Waals surface area contributed by atoms with Crippen LogP contribution in [-0.4, -0.2) is 27.5 Å². The van der Waals surface area contributed by atoms with Crippen LogP contribution in [0, 0.1) is 0 Å². The van der Waals surface area contributed by atoms with Gasteiger partial charge in [-0.05, 0) is 36.2 Å². The third-order valence-corrected chi connectivity index (χ3v) is 5.82. The Hall–Kier alpha value is -4.67. The molecule has 38 heavy (non-hydrogen) atoms. The zero-order chi connectivity index (χ0) is 27.3. The Morgan fingerprint density at radius 3 is 2.13 bits per heavy atom. The lowest BCUT2D eigenvalue weighted by molar-refractivity contribution is -0.137. The van der Waals surface area contributed by atoms with Gasteiger partial charge < -0.3 is 10.6 Å². The molecule has 0 aliphatic carbocycles. The Balaban J connectivity index is 1.58. The van der Waals surface area contributed by atoms with E-state index in [9.17, 15) is 32.3 Å². The van der Waals surface area contributed by atoms with Crippen molar-refractivity contribution in [3.05, 3.63) is 111 Å². The molecule has 0 saturated carbocycles. The van der Waals surface area contributed by atoms with E-state index < -0.39 is 53.6 Å². The molecule has 8 nitrogen and oxygen atoms in total. The van der Waals surface area contributed by atoms with Crippen molar-refractivity contribution in [3.63, 3.8) is 0 Å². The summed E-state index contributed by atoms with van der Waals surface area (Å²) < 4.78 is 41.6. The SMILES string of the molecule is O=C(Cn1c(=O)c2ccccc2n(CC(=O)Nc2ccccc2C(F)(F)F)c1=O)NCCc1ccccc1. The van der Waals surface area contributed by atoms with E-state index in [1.54, 1.807) is 12.1 Å². The lowest BCUT2D eigenvalue weighted by Crippen LogP contribution is -2.45. The maximum absolute atomic E-state index is 13.3. The molecule has 0 bridgehead atoms. The third kappa shape index (κ3) is 6.00. The minimum atomic E-state index is -4.70. The van der Waals surface area contributed by atoms with Crippen LogP contribution in [-0.2, 0) is 35.3 Å². The number of anilines is 1. The zero-order valence-electron chi connectivity index (χ0n) is 20.0. The Labute approximate surface area is 214 Å². The molecule has 2 amide bonds. The van der Waals surface area contributed by atoms with Crippen molar-refractivity contribution < 1.29 is 22.8 Å². The van der Waals surface area contributed by atoms with E-state index in [1.807, 2.05) is 30.3 Å². The molecule has 0 aliphatic rings. The van der Waals surface area contributed by atoms with Crippen LogP contribution in [0.15, 0.2) is 88.5 Å². The predicted octanol–water partition coefficient (Wildman–Crippen LogP) is 3.18. The summed E-state index contributed by atoms with van der Waals surface area (Å²) in [6, 6.07) is 19.8. The molecule has 196 valence electrons. The molecule has 2 N–H and O–H groups in total. The van der Waals surface area contributed by atoms with E-state index >= 15 is 0 Å². The number of amides is 2. The molecule has 0 atom stereocenters. The number of benzene rings is 3. The molecule has 0 radical (unpaired) electrons. The number of carbonyl (C=O) groups excluding carboxylic acids is 2. The van der Waals surface area contributed by atoms with E-state index in [0.29, 0.717) is 11.0 Å². The first kappa shape index (κ1) is 26.4. The highest BCUT2D eigenvalue weighted by Crippen LogP contribution is 2.34. The van der Waals surface area contributed by atoms with E-state index in [0.717, 1.165) is 22.3 Å². The highest BCUT2D eigenvalue weighted by atomic mass is 19.4. The van der Waals surface area contributed by atoms with Gasteiger partial charge in [0, 0.05) is 6.54 Å². The molecule has 0 saturated heterocycles. The first-order valence-electron chi connectivity index (χ1n) is 11.6. The first-order chi connectivity index (χ1) is 18.1. The summed E-state index contributed by atoms with van der Waals surface area (Å²) in [5.74, 6) is -1.49. The topological polar surface area (TPSA) is 102 Å². The van der Waals surface area contributed by atoms with Crippen molar-refractivity contribution in [1.29, 1.82) is 0 Å². The van der Waals surface area contributed by atoms with Gasteiger partial charge >= 0.3 is 11.9 Å². The quantitative estimate of drug-likeness (QED) is 0.370. The largest absolute Gasteiger partial charge is 0.418 e. The van der Waals surface area contributed by atoms with Crippen molar-refractivity contribution in [2.45, 2.75) is 25.7 Å². The molecule has 4 rings (SSSR count). The highest BCUT2D eigenvalue weighted by Gasteiger charge is 2.33. The number of hydrogen-bond donors (Lipinski definition) is 2. The summed E-state index contributed by atoms with van der Waals surface area (Å²) in [7, 11) is 0. The number of alkyl halides is 3. The molecule has 0 aliphatic heterocycles. The fourth-order valence-electron chi connectivity index (χ4n) is 4.03. The Morgan fingerprint density at radius 1 is 0.763 bits per heavy atom. The average Bonchev–Trinajstić information content (AvgIpc) is 2.89. The number of nitrogens with one attached hydrogen (secondary N) is 2. The van der Waals surface area contributed by atoms with Crippen LogP contribution in [0.5, 0.6) is 0 Å². The number of halogens is 3. The third-order valence-electron chi connectivity index (χ3n) is 5.82. The standard InChI is InChI=1S/C27H23F3N4O4/c28-27(29,30)20-11-5-6-12-21(20)32-24(36)17-33-22-13-7-4-10-19(22)25(37)34(26(33)38)16-23(35)31-15-14-18-8-2-1-3-9-18/h1-13H,14-17H2,(H,31,35)(H,32,36). The summed E-state index contributed by atoms with van der Waals surface area (Å²) in [5, 5.41) is 4.93. The molecule has 0 fully saturated rings. The summed E-state index contributed by atoms with van der Waals surface area (Å²) in [6.45, 7) is -0.988. The number of hydrogen-bond acceptors (Lipinski definition) is 4. The molecule has 4 aromatic rings. The van der Waals surface area contributed by atoms with Crippen molar-refractivity contribution in [1.82, 2.24) is 14.5 Å². The Bertz CT molecular complexity index is 1590. The summed E-state index contributed by atoms with van der Waals surface area (Å²) in [5.41, 5.74) is -2.05. The van der Waals surface area contributed by atoms with E-state index in [-0.39, 0.29) is 17.4 Å². The molecule has 0 spiro atoms. The molecule has 11 heteroatoms. The lowest BCUT2D eigenvalue weighted by Gasteiger charge is -2.16. The first-order valence-corrected chi connectivity index (χ1v) is 11.6.